The predicted molar refractivity (Wildman–Crippen MR) is 77.9 cm³/mol. The van der Waals surface area contributed by atoms with E-state index in [1.807, 2.05) is 7.05 Å². The molecule has 0 atom stereocenters. The molecule has 3 N–H and O–H groups in total. The van der Waals surface area contributed by atoms with Crippen molar-refractivity contribution >= 4 is 31.6 Å². The van der Waals surface area contributed by atoms with E-state index >= 15 is 0 Å². The second-order valence-corrected chi connectivity index (χ2v) is 7.17. The second-order valence-electron chi connectivity index (χ2n) is 4.69. The van der Waals surface area contributed by atoms with Gasteiger partial charge < -0.3 is 10.6 Å². The lowest BCUT2D eigenvalue weighted by atomic mass is 10.3. The topological polar surface area (TPSA) is 78.7 Å². The largest absolute Gasteiger partial charge is 0.398 e. The molecule has 1 saturated heterocycles. The summed E-state index contributed by atoms with van der Waals surface area (Å²) >= 11 is 3.06. The molecule has 0 aromatic heterocycles. The SMILES string of the molecule is CN1CCN(NS(=O)(=O)c2cc(N)c(Br)cc2F)CC1. The van der Waals surface area contributed by atoms with Crippen LogP contribution in [0, 0.1) is 5.82 Å². The van der Waals surface area contributed by atoms with Crippen LogP contribution in [-0.4, -0.2) is 51.6 Å². The van der Waals surface area contributed by atoms with E-state index in [9.17, 15) is 12.8 Å². The van der Waals surface area contributed by atoms with Gasteiger partial charge in [0.1, 0.15) is 10.7 Å². The Bertz CT molecular complexity index is 603. The van der Waals surface area contributed by atoms with Crippen molar-refractivity contribution in [1.29, 1.82) is 0 Å². The first kappa shape index (κ1) is 15.6. The van der Waals surface area contributed by atoms with Gasteiger partial charge in [0.05, 0.1) is 0 Å². The van der Waals surface area contributed by atoms with Crippen molar-refractivity contribution in [1.82, 2.24) is 14.7 Å². The third-order valence-corrected chi connectivity index (χ3v) is 5.17. The molecular weight excluding hydrogens is 351 g/mol. The number of hydrogen-bond donors (Lipinski definition) is 2. The minimum atomic E-state index is -3.97. The van der Waals surface area contributed by atoms with Crippen LogP contribution in [-0.2, 0) is 10.0 Å². The fourth-order valence-corrected chi connectivity index (χ4v) is 3.40. The normalized spacial score (nSPS) is 18.4. The minimum absolute atomic E-state index is 0.171. The van der Waals surface area contributed by atoms with Gasteiger partial charge in [0, 0.05) is 36.3 Å². The lowest BCUT2D eigenvalue weighted by molar-refractivity contribution is 0.134. The number of benzene rings is 1. The smallest absolute Gasteiger partial charge is 0.256 e. The van der Waals surface area contributed by atoms with Gasteiger partial charge in [-0.15, -0.1) is 4.83 Å². The van der Waals surface area contributed by atoms with Crippen molar-refractivity contribution in [2.75, 3.05) is 39.0 Å². The molecule has 9 heteroatoms. The number of halogens is 2. The Balaban J connectivity index is 2.20. The average Bonchev–Trinajstić information content (AvgIpc) is 2.36. The summed E-state index contributed by atoms with van der Waals surface area (Å²) in [6, 6.07) is 2.16. The lowest BCUT2D eigenvalue weighted by Gasteiger charge is -2.32. The van der Waals surface area contributed by atoms with E-state index in [0.717, 1.165) is 25.2 Å². The van der Waals surface area contributed by atoms with Crippen molar-refractivity contribution in [2.45, 2.75) is 4.90 Å². The molecule has 112 valence electrons. The number of nitrogen functional groups attached to an aromatic ring is 1. The Kier molecular flexibility index (Phi) is 4.65. The number of rotatable bonds is 3. The highest BCUT2D eigenvalue weighted by Gasteiger charge is 2.25. The lowest BCUT2D eigenvalue weighted by Crippen LogP contribution is -2.52. The van der Waals surface area contributed by atoms with Crippen LogP contribution in [0.5, 0.6) is 0 Å². The molecule has 0 amide bonds. The number of nitrogens with zero attached hydrogens (tertiary/aromatic N) is 2. The number of likely N-dealkylation sites (N-methyl/N-ethyl adjacent to an activating group) is 1. The third-order valence-electron chi connectivity index (χ3n) is 3.09. The van der Waals surface area contributed by atoms with Gasteiger partial charge in [0.15, 0.2) is 0 Å². The number of piperazine rings is 1. The van der Waals surface area contributed by atoms with Crippen LogP contribution < -0.4 is 10.6 Å². The Morgan fingerprint density at radius 3 is 2.50 bits per heavy atom. The highest BCUT2D eigenvalue weighted by Crippen LogP contribution is 2.26. The molecule has 0 saturated carbocycles. The van der Waals surface area contributed by atoms with Gasteiger partial charge in [-0.2, -0.15) is 0 Å². The summed E-state index contributed by atoms with van der Waals surface area (Å²) < 4.78 is 38.5. The Hall–Kier alpha value is -0.740. The highest BCUT2D eigenvalue weighted by atomic mass is 79.9. The number of hydrogen-bond acceptors (Lipinski definition) is 5. The Labute approximate surface area is 125 Å². The monoisotopic (exact) mass is 366 g/mol. The maximum absolute atomic E-state index is 13.8. The molecular formula is C11H16BrFN4O2S. The molecule has 2 rings (SSSR count). The number of hydrazine groups is 1. The van der Waals surface area contributed by atoms with Gasteiger partial charge >= 0.3 is 0 Å². The van der Waals surface area contributed by atoms with E-state index < -0.39 is 20.7 Å². The van der Waals surface area contributed by atoms with Crippen molar-refractivity contribution in [2.24, 2.45) is 0 Å². The van der Waals surface area contributed by atoms with Crippen LogP contribution in [0.4, 0.5) is 10.1 Å². The fourth-order valence-electron chi connectivity index (χ4n) is 1.87. The van der Waals surface area contributed by atoms with Crippen LogP contribution in [0.2, 0.25) is 0 Å². The molecule has 1 fully saturated rings. The van der Waals surface area contributed by atoms with Crippen LogP contribution in [0.25, 0.3) is 0 Å². The summed E-state index contributed by atoms with van der Waals surface area (Å²) in [5.41, 5.74) is 5.78. The van der Waals surface area contributed by atoms with Crippen molar-refractivity contribution in [3.05, 3.63) is 22.4 Å². The molecule has 0 radical (unpaired) electrons. The first-order chi connectivity index (χ1) is 9.29. The first-order valence-electron chi connectivity index (χ1n) is 6.00. The van der Waals surface area contributed by atoms with Crippen LogP contribution >= 0.6 is 15.9 Å². The summed E-state index contributed by atoms with van der Waals surface area (Å²) in [6.45, 7) is 2.58. The number of anilines is 1. The molecule has 0 unspecified atom stereocenters. The maximum atomic E-state index is 13.8. The quantitative estimate of drug-likeness (QED) is 0.766. The van der Waals surface area contributed by atoms with E-state index in [1.165, 1.54) is 0 Å². The van der Waals surface area contributed by atoms with E-state index in [4.69, 9.17) is 5.73 Å². The zero-order valence-electron chi connectivity index (χ0n) is 10.9. The van der Waals surface area contributed by atoms with Crippen molar-refractivity contribution < 1.29 is 12.8 Å². The fraction of sp³-hybridized carbons (Fsp3) is 0.455. The van der Waals surface area contributed by atoms with Crippen molar-refractivity contribution in [3.8, 4) is 0 Å². The minimum Gasteiger partial charge on any atom is -0.398 e. The molecule has 20 heavy (non-hydrogen) atoms. The Morgan fingerprint density at radius 1 is 1.30 bits per heavy atom. The van der Waals surface area contributed by atoms with Crippen LogP contribution in [0.3, 0.4) is 0 Å². The molecule has 6 nitrogen and oxygen atoms in total. The molecule has 1 aliphatic heterocycles. The highest BCUT2D eigenvalue weighted by molar-refractivity contribution is 9.10. The predicted octanol–water partition coefficient (Wildman–Crippen LogP) is 0.611. The standard InChI is InChI=1S/C11H16BrFN4O2S/c1-16-2-4-17(5-3-16)15-20(18,19)11-7-10(14)8(12)6-9(11)13/h6-7,15H,2-5,14H2,1H3. The molecule has 1 aromatic rings. The molecule has 0 bridgehead atoms. The summed E-state index contributed by atoms with van der Waals surface area (Å²) in [5.74, 6) is -0.840. The summed E-state index contributed by atoms with van der Waals surface area (Å²) in [7, 11) is -2.01. The van der Waals surface area contributed by atoms with E-state index in [1.54, 1.807) is 5.01 Å². The first-order valence-corrected chi connectivity index (χ1v) is 8.27. The van der Waals surface area contributed by atoms with E-state index in [0.29, 0.717) is 17.6 Å². The summed E-state index contributed by atoms with van der Waals surface area (Å²) in [4.78, 5) is 4.03. The maximum Gasteiger partial charge on any atom is 0.256 e. The van der Waals surface area contributed by atoms with Gasteiger partial charge in [0.2, 0.25) is 0 Å². The van der Waals surface area contributed by atoms with Gasteiger partial charge in [-0.25, -0.2) is 17.8 Å². The zero-order valence-corrected chi connectivity index (χ0v) is 13.3. The molecule has 0 spiro atoms. The molecule has 1 aromatic carbocycles. The summed E-state index contributed by atoms with van der Waals surface area (Å²) in [6.07, 6.45) is 0. The van der Waals surface area contributed by atoms with Gasteiger partial charge in [-0.1, -0.05) is 0 Å². The molecule has 0 aliphatic carbocycles. The third kappa shape index (κ3) is 3.47. The summed E-state index contributed by atoms with van der Waals surface area (Å²) in [5, 5.41) is 1.56. The molecule has 1 aliphatic rings. The molecule has 1 heterocycles. The van der Waals surface area contributed by atoms with E-state index in [-0.39, 0.29) is 5.69 Å². The number of nitrogens with one attached hydrogen (secondary N) is 1. The number of nitrogens with two attached hydrogens (primary N) is 1. The van der Waals surface area contributed by atoms with E-state index in [2.05, 4.69) is 25.7 Å². The van der Waals surface area contributed by atoms with Crippen LogP contribution in [0.15, 0.2) is 21.5 Å². The Morgan fingerprint density at radius 2 is 1.90 bits per heavy atom. The average molecular weight is 367 g/mol. The van der Waals surface area contributed by atoms with Crippen molar-refractivity contribution in [3.63, 3.8) is 0 Å². The van der Waals surface area contributed by atoms with Gasteiger partial charge in [-0.3, -0.25) is 0 Å². The van der Waals surface area contributed by atoms with Gasteiger partial charge in [0.25, 0.3) is 10.0 Å². The van der Waals surface area contributed by atoms with Crippen LogP contribution in [0.1, 0.15) is 0 Å². The zero-order chi connectivity index (χ0) is 14.9. The second kappa shape index (κ2) is 5.94. The number of sulfonamides is 1. The van der Waals surface area contributed by atoms with Gasteiger partial charge in [-0.05, 0) is 35.1 Å².